The van der Waals surface area contributed by atoms with Gasteiger partial charge in [-0.25, -0.2) is 9.78 Å². The van der Waals surface area contributed by atoms with Gasteiger partial charge in [-0.05, 0) is 37.7 Å². The van der Waals surface area contributed by atoms with E-state index < -0.39 is 5.97 Å². The minimum absolute atomic E-state index is 0.0365. The van der Waals surface area contributed by atoms with Crippen LogP contribution in [0.1, 0.15) is 42.4 Å². The van der Waals surface area contributed by atoms with Gasteiger partial charge in [0.25, 0.3) is 5.56 Å². The van der Waals surface area contributed by atoms with Gasteiger partial charge in [0.1, 0.15) is 16.3 Å². The van der Waals surface area contributed by atoms with Crippen molar-refractivity contribution in [1.82, 2.24) is 14.5 Å². The van der Waals surface area contributed by atoms with Gasteiger partial charge in [-0.1, -0.05) is 13.8 Å². The molecule has 0 N–H and O–H groups in total. The van der Waals surface area contributed by atoms with Crippen LogP contribution in [-0.2, 0) is 16.1 Å². The van der Waals surface area contributed by atoms with Crippen LogP contribution in [0.25, 0.3) is 10.2 Å². The highest BCUT2D eigenvalue weighted by molar-refractivity contribution is 7.20. The van der Waals surface area contributed by atoms with Gasteiger partial charge >= 0.3 is 5.97 Å². The quantitative estimate of drug-likeness (QED) is 0.748. The van der Waals surface area contributed by atoms with E-state index in [2.05, 4.69) is 18.8 Å². The molecule has 2 aromatic rings. The molecular formula is C19H25N3O4S. The zero-order valence-corrected chi connectivity index (χ0v) is 17.0. The smallest absolute Gasteiger partial charge is 0.348 e. The minimum atomic E-state index is -0.448. The van der Waals surface area contributed by atoms with Gasteiger partial charge in [-0.2, -0.15) is 0 Å². The SMILES string of the molecule is CCOC(=O)c1sc2ncn(CC(=O)N3CC(C)CC(C)C3)c(=O)c2c1C. The zero-order valence-electron chi connectivity index (χ0n) is 16.2. The molecule has 0 aromatic carbocycles. The van der Waals surface area contributed by atoms with E-state index in [4.69, 9.17) is 4.74 Å². The standard InChI is InChI=1S/C19H25N3O4S/c1-5-26-19(25)16-13(4)15-17(27-16)20-10-22(18(15)24)9-14(23)21-7-11(2)6-12(3)8-21/h10-12H,5-9H2,1-4H3. The molecule has 1 aliphatic heterocycles. The van der Waals surface area contributed by atoms with Crippen LogP contribution in [0.4, 0.5) is 0 Å². The number of carbonyl (C=O) groups excluding carboxylic acids is 2. The number of thiophene rings is 1. The van der Waals surface area contributed by atoms with Crippen molar-refractivity contribution in [3.8, 4) is 0 Å². The fraction of sp³-hybridized carbons (Fsp3) is 0.579. The lowest BCUT2D eigenvalue weighted by atomic mass is 9.92. The summed E-state index contributed by atoms with van der Waals surface area (Å²) in [6.07, 6.45) is 2.51. The van der Waals surface area contributed by atoms with Crippen LogP contribution in [0.15, 0.2) is 11.1 Å². The predicted molar refractivity (Wildman–Crippen MR) is 104 cm³/mol. The Hall–Kier alpha value is -2.22. The third-order valence-electron chi connectivity index (χ3n) is 4.91. The highest BCUT2D eigenvalue weighted by Crippen LogP contribution is 2.27. The number of rotatable bonds is 4. The number of hydrogen-bond donors (Lipinski definition) is 0. The van der Waals surface area contributed by atoms with Crippen molar-refractivity contribution in [2.75, 3.05) is 19.7 Å². The van der Waals surface area contributed by atoms with Crippen molar-refractivity contribution in [3.05, 3.63) is 27.1 Å². The third kappa shape index (κ3) is 3.90. The lowest BCUT2D eigenvalue weighted by Gasteiger charge is -2.35. The van der Waals surface area contributed by atoms with Crippen LogP contribution < -0.4 is 5.56 Å². The van der Waals surface area contributed by atoms with Crippen molar-refractivity contribution < 1.29 is 14.3 Å². The molecule has 3 heterocycles. The number of piperidine rings is 1. The van der Waals surface area contributed by atoms with Crippen molar-refractivity contribution in [3.63, 3.8) is 0 Å². The second-order valence-corrected chi connectivity index (χ2v) is 8.38. The van der Waals surface area contributed by atoms with E-state index >= 15 is 0 Å². The van der Waals surface area contributed by atoms with Gasteiger partial charge in [0.2, 0.25) is 5.91 Å². The Balaban J connectivity index is 1.88. The number of hydrogen-bond acceptors (Lipinski definition) is 6. The lowest BCUT2D eigenvalue weighted by Crippen LogP contribution is -2.44. The first-order valence-corrected chi connectivity index (χ1v) is 10.1. The second-order valence-electron chi connectivity index (χ2n) is 7.38. The molecule has 2 aromatic heterocycles. The van der Waals surface area contributed by atoms with Gasteiger partial charge in [-0.15, -0.1) is 11.3 Å². The molecule has 27 heavy (non-hydrogen) atoms. The Labute approximate surface area is 161 Å². The number of fused-ring (bicyclic) bond motifs is 1. The summed E-state index contributed by atoms with van der Waals surface area (Å²) in [5.41, 5.74) is 0.267. The summed E-state index contributed by atoms with van der Waals surface area (Å²) in [6, 6.07) is 0. The van der Waals surface area contributed by atoms with Gasteiger partial charge in [0.15, 0.2) is 0 Å². The summed E-state index contributed by atoms with van der Waals surface area (Å²) in [4.78, 5) is 44.7. The van der Waals surface area contributed by atoms with Crippen molar-refractivity contribution >= 4 is 33.4 Å². The summed E-state index contributed by atoms with van der Waals surface area (Å²) in [6.45, 7) is 9.41. The maximum Gasteiger partial charge on any atom is 0.348 e. The average molecular weight is 391 g/mol. The fourth-order valence-corrected chi connectivity index (χ4v) is 4.81. The maximum absolute atomic E-state index is 12.9. The fourth-order valence-electron chi connectivity index (χ4n) is 3.78. The third-order valence-corrected chi connectivity index (χ3v) is 6.09. The first-order chi connectivity index (χ1) is 12.8. The Bertz CT molecular complexity index is 923. The minimum Gasteiger partial charge on any atom is -0.462 e. The molecule has 0 spiro atoms. The molecular weight excluding hydrogens is 366 g/mol. The Morgan fingerprint density at radius 1 is 1.30 bits per heavy atom. The number of esters is 1. The number of likely N-dealkylation sites (tertiary alicyclic amines) is 1. The normalized spacial score (nSPS) is 20.1. The summed E-state index contributed by atoms with van der Waals surface area (Å²) < 4.78 is 6.38. The Kier molecular flexibility index (Phi) is 5.64. The van der Waals surface area contributed by atoms with Crippen molar-refractivity contribution in [2.24, 2.45) is 11.8 Å². The van der Waals surface area contributed by atoms with E-state index in [0.29, 0.717) is 32.5 Å². The van der Waals surface area contributed by atoms with Gasteiger partial charge in [0.05, 0.1) is 18.3 Å². The van der Waals surface area contributed by atoms with E-state index in [0.717, 1.165) is 30.8 Å². The highest BCUT2D eigenvalue weighted by Gasteiger charge is 2.26. The van der Waals surface area contributed by atoms with Crippen LogP contribution in [0.3, 0.4) is 0 Å². The molecule has 1 amide bonds. The van der Waals surface area contributed by atoms with E-state index in [1.54, 1.807) is 13.8 Å². The van der Waals surface area contributed by atoms with E-state index in [1.165, 1.54) is 10.9 Å². The molecule has 2 unspecified atom stereocenters. The second kappa shape index (κ2) is 7.80. The molecule has 1 aliphatic rings. The molecule has 7 nitrogen and oxygen atoms in total. The number of amides is 1. The number of carbonyl (C=O) groups is 2. The van der Waals surface area contributed by atoms with Crippen molar-refractivity contribution in [1.29, 1.82) is 0 Å². The first kappa shape index (κ1) is 19.5. The molecule has 0 bridgehead atoms. The number of aryl methyl sites for hydroxylation is 1. The number of ether oxygens (including phenoxy) is 1. The topological polar surface area (TPSA) is 81.5 Å². The van der Waals surface area contributed by atoms with Crippen molar-refractivity contribution in [2.45, 2.75) is 40.7 Å². The van der Waals surface area contributed by atoms with Crippen LogP contribution >= 0.6 is 11.3 Å². The van der Waals surface area contributed by atoms with Crippen LogP contribution in [-0.4, -0.2) is 46.0 Å². The summed E-state index contributed by atoms with van der Waals surface area (Å²) in [7, 11) is 0. The summed E-state index contributed by atoms with van der Waals surface area (Å²) in [5.74, 6) is 0.397. The lowest BCUT2D eigenvalue weighted by molar-refractivity contribution is -0.134. The molecule has 0 aliphatic carbocycles. The largest absolute Gasteiger partial charge is 0.462 e. The van der Waals surface area contributed by atoms with E-state index in [9.17, 15) is 14.4 Å². The predicted octanol–water partition coefficient (Wildman–Crippen LogP) is 2.45. The van der Waals surface area contributed by atoms with Crippen LogP contribution in [0.2, 0.25) is 0 Å². The molecule has 2 atom stereocenters. The molecule has 1 fully saturated rings. The zero-order chi connectivity index (χ0) is 19.7. The Morgan fingerprint density at radius 2 is 1.96 bits per heavy atom. The Morgan fingerprint density at radius 3 is 2.59 bits per heavy atom. The first-order valence-electron chi connectivity index (χ1n) is 9.25. The average Bonchev–Trinajstić information content (AvgIpc) is 2.94. The number of nitrogens with zero attached hydrogens (tertiary/aromatic N) is 3. The van der Waals surface area contributed by atoms with Crippen LogP contribution in [0, 0.1) is 18.8 Å². The summed E-state index contributed by atoms with van der Waals surface area (Å²) >= 11 is 1.15. The van der Waals surface area contributed by atoms with Gasteiger partial charge < -0.3 is 9.64 Å². The maximum atomic E-state index is 12.9. The van der Waals surface area contributed by atoms with E-state index in [1.807, 2.05) is 4.90 Å². The van der Waals surface area contributed by atoms with Crippen LogP contribution in [0.5, 0.6) is 0 Å². The summed E-state index contributed by atoms with van der Waals surface area (Å²) in [5, 5.41) is 0.388. The molecule has 1 saturated heterocycles. The van der Waals surface area contributed by atoms with E-state index in [-0.39, 0.29) is 24.6 Å². The molecule has 0 saturated carbocycles. The number of aromatic nitrogens is 2. The molecule has 146 valence electrons. The monoisotopic (exact) mass is 391 g/mol. The van der Waals surface area contributed by atoms with Gasteiger partial charge in [-0.3, -0.25) is 14.2 Å². The molecule has 3 rings (SSSR count). The highest BCUT2D eigenvalue weighted by atomic mass is 32.1. The van der Waals surface area contributed by atoms with Gasteiger partial charge in [0, 0.05) is 13.1 Å². The molecule has 8 heteroatoms. The molecule has 0 radical (unpaired) electrons.